The third kappa shape index (κ3) is 4.15. The van der Waals surface area contributed by atoms with Crippen molar-refractivity contribution in [3.05, 3.63) is 65.2 Å². The largest absolute Gasteiger partial charge is 0.342 e. The number of rotatable bonds is 5. The highest BCUT2D eigenvalue weighted by molar-refractivity contribution is 7.89. The number of benzene rings is 2. The van der Waals surface area contributed by atoms with Crippen LogP contribution in [-0.4, -0.2) is 57.4 Å². The zero-order chi connectivity index (χ0) is 21.3. The molecule has 160 valence electrons. The van der Waals surface area contributed by atoms with Crippen LogP contribution in [0.4, 0.5) is 0 Å². The van der Waals surface area contributed by atoms with Crippen molar-refractivity contribution in [2.24, 2.45) is 0 Å². The normalized spacial score (nSPS) is 22.7. The quantitative estimate of drug-likeness (QED) is 0.795. The van der Waals surface area contributed by atoms with E-state index in [1.54, 1.807) is 18.0 Å². The topological polar surface area (TPSA) is 69.7 Å². The number of carbonyl (C=O) groups is 1. The predicted molar refractivity (Wildman–Crippen MR) is 117 cm³/mol. The Morgan fingerprint density at radius 1 is 1.00 bits per heavy atom. The van der Waals surface area contributed by atoms with Gasteiger partial charge in [-0.3, -0.25) is 9.69 Å². The molecule has 0 aromatic heterocycles. The Bertz CT molecular complexity index is 1020. The number of aryl methyl sites for hydroxylation is 2. The van der Waals surface area contributed by atoms with E-state index in [1.165, 1.54) is 12.0 Å². The molecule has 2 aromatic rings. The molecule has 2 atom stereocenters. The van der Waals surface area contributed by atoms with E-state index >= 15 is 0 Å². The molecule has 30 heavy (non-hydrogen) atoms. The van der Waals surface area contributed by atoms with Gasteiger partial charge in [-0.25, -0.2) is 13.1 Å². The number of carbonyl (C=O) groups excluding carboxylic acids is 1. The van der Waals surface area contributed by atoms with Crippen LogP contribution in [0, 0.1) is 0 Å². The van der Waals surface area contributed by atoms with Crippen LogP contribution in [0.15, 0.2) is 53.4 Å². The summed E-state index contributed by atoms with van der Waals surface area (Å²) in [7, 11) is 0.0536. The molecule has 2 aromatic carbocycles. The minimum absolute atomic E-state index is 0.0255. The molecule has 2 aliphatic rings. The summed E-state index contributed by atoms with van der Waals surface area (Å²) in [6.07, 6.45) is 4.24. The van der Waals surface area contributed by atoms with E-state index in [9.17, 15) is 13.2 Å². The fourth-order valence-electron chi connectivity index (χ4n) is 4.52. The number of fused-ring (bicyclic) bond motifs is 1. The fourth-order valence-corrected chi connectivity index (χ4v) is 5.64. The predicted octanol–water partition coefficient (Wildman–Crippen LogP) is 2.36. The smallest absolute Gasteiger partial charge is 0.244 e. The Morgan fingerprint density at radius 2 is 1.70 bits per heavy atom. The molecule has 1 saturated heterocycles. The average molecular weight is 428 g/mol. The molecule has 0 saturated carbocycles. The number of sulfonamides is 1. The second kappa shape index (κ2) is 8.49. The van der Waals surface area contributed by atoms with Gasteiger partial charge in [-0.2, -0.15) is 0 Å². The molecule has 1 heterocycles. The van der Waals surface area contributed by atoms with Crippen molar-refractivity contribution in [1.29, 1.82) is 0 Å². The second-order valence-corrected chi connectivity index (χ2v) is 10.1. The summed E-state index contributed by atoms with van der Waals surface area (Å²) in [6.45, 7) is 0.724. The van der Waals surface area contributed by atoms with Crippen LogP contribution in [0.5, 0.6) is 0 Å². The van der Waals surface area contributed by atoms with Crippen molar-refractivity contribution in [3.8, 4) is 0 Å². The molecular formula is C23H29N3O3S. The van der Waals surface area contributed by atoms with Crippen molar-refractivity contribution >= 4 is 15.9 Å². The van der Waals surface area contributed by atoms with E-state index < -0.39 is 16.1 Å². The van der Waals surface area contributed by atoms with Crippen molar-refractivity contribution in [2.75, 3.05) is 27.2 Å². The summed E-state index contributed by atoms with van der Waals surface area (Å²) in [6, 6.07) is 14.6. The monoisotopic (exact) mass is 427 g/mol. The maximum absolute atomic E-state index is 13.0. The lowest BCUT2D eigenvalue weighted by molar-refractivity contribution is -0.142. The lowest BCUT2D eigenvalue weighted by atomic mass is 9.92. The molecule has 0 spiro atoms. The van der Waals surface area contributed by atoms with Crippen molar-refractivity contribution < 1.29 is 13.2 Å². The third-order valence-corrected chi connectivity index (χ3v) is 7.75. The van der Waals surface area contributed by atoms with E-state index in [0.717, 1.165) is 30.4 Å². The number of nitrogens with zero attached hydrogens (tertiary/aromatic N) is 2. The van der Waals surface area contributed by atoms with E-state index in [4.69, 9.17) is 0 Å². The van der Waals surface area contributed by atoms with Gasteiger partial charge in [0.05, 0.1) is 4.90 Å². The Balaban J connectivity index is 1.50. The number of amides is 1. The van der Waals surface area contributed by atoms with Gasteiger partial charge in [-0.1, -0.05) is 36.4 Å². The maximum Gasteiger partial charge on any atom is 0.244 e. The molecule has 1 amide bonds. The maximum atomic E-state index is 13.0. The summed E-state index contributed by atoms with van der Waals surface area (Å²) in [5.74, 6) is 0.0255. The molecule has 1 N–H and O–H groups in total. The van der Waals surface area contributed by atoms with Gasteiger partial charge in [-0.15, -0.1) is 0 Å². The van der Waals surface area contributed by atoms with Gasteiger partial charge in [0.15, 0.2) is 0 Å². The molecule has 1 fully saturated rings. The third-order valence-electron chi connectivity index (χ3n) is 6.33. The van der Waals surface area contributed by atoms with Gasteiger partial charge in [-0.05, 0) is 61.6 Å². The van der Waals surface area contributed by atoms with Gasteiger partial charge in [0.1, 0.15) is 6.04 Å². The van der Waals surface area contributed by atoms with Gasteiger partial charge in [0, 0.05) is 26.2 Å². The van der Waals surface area contributed by atoms with Crippen LogP contribution < -0.4 is 4.72 Å². The molecule has 4 rings (SSSR count). The highest BCUT2D eigenvalue weighted by Crippen LogP contribution is 2.28. The highest BCUT2D eigenvalue weighted by atomic mass is 32.2. The van der Waals surface area contributed by atoms with Gasteiger partial charge in [0.25, 0.3) is 0 Å². The van der Waals surface area contributed by atoms with Crippen molar-refractivity contribution in [3.63, 3.8) is 0 Å². The minimum Gasteiger partial charge on any atom is -0.342 e. The fraction of sp³-hybridized carbons (Fsp3) is 0.435. The summed E-state index contributed by atoms with van der Waals surface area (Å²) in [5.41, 5.74) is 3.32. The molecule has 7 heteroatoms. The van der Waals surface area contributed by atoms with E-state index in [-0.39, 0.29) is 18.5 Å². The SMILES string of the molecule is CN1C[C@@H](CNS(=O)(=O)c2ccc3c(c2)CCCC3)N(C)[C@@H](c2ccccc2)C1=O. The van der Waals surface area contributed by atoms with E-state index in [2.05, 4.69) is 4.72 Å². The Morgan fingerprint density at radius 3 is 2.43 bits per heavy atom. The van der Waals surface area contributed by atoms with Crippen LogP contribution in [0.25, 0.3) is 0 Å². The number of hydrogen-bond acceptors (Lipinski definition) is 4. The summed E-state index contributed by atoms with van der Waals surface area (Å²) in [4.78, 5) is 16.8. The Hall–Kier alpha value is -2.22. The van der Waals surface area contributed by atoms with Crippen molar-refractivity contribution in [2.45, 2.75) is 42.7 Å². The molecule has 1 aliphatic heterocycles. The second-order valence-electron chi connectivity index (χ2n) is 8.34. The van der Waals surface area contributed by atoms with Gasteiger partial charge >= 0.3 is 0 Å². The molecule has 1 aliphatic carbocycles. The minimum atomic E-state index is -3.61. The van der Waals surface area contributed by atoms with Crippen LogP contribution in [0.2, 0.25) is 0 Å². The molecule has 6 nitrogen and oxygen atoms in total. The Labute approximate surface area is 178 Å². The summed E-state index contributed by atoms with van der Waals surface area (Å²) < 4.78 is 28.7. The first-order valence-electron chi connectivity index (χ1n) is 10.5. The molecule has 0 unspecified atom stereocenters. The zero-order valence-corrected chi connectivity index (χ0v) is 18.4. The first-order chi connectivity index (χ1) is 14.4. The van der Waals surface area contributed by atoms with E-state index in [1.807, 2.05) is 54.4 Å². The average Bonchev–Trinajstić information content (AvgIpc) is 2.76. The Kier molecular flexibility index (Phi) is 5.95. The zero-order valence-electron chi connectivity index (χ0n) is 17.5. The van der Waals surface area contributed by atoms with Gasteiger partial charge in [0.2, 0.25) is 15.9 Å². The van der Waals surface area contributed by atoms with Gasteiger partial charge < -0.3 is 4.90 Å². The van der Waals surface area contributed by atoms with Crippen LogP contribution in [-0.2, 0) is 27.7 Å². The number of hydrogen-bond donors (Lipinski definition) is 1. The van der Waals surface area contributed by atoms with Crippen LogP contribution >= 0.6 is 0 Å². The number of piperazine rings is 1. The lowest BCUT2D eigenvalue weighted by Gasteiger charge is -2.43. The first-order valence-corrected chi connectivity index (χ1v) is 12.0. The number of nitrogens with one attached hydrogen (secondary N) is 1. The number of likely N-dealkylation sites (N-methyl/N-ethyl adjacent to an activating group) is 2. The lowest BCUT2D eigenvalue weighted by Crippen LogP contribution is -2.58. The molecule has 0 radical (unpaired) electrons. The van der Waals surface area contributed by atoms with Crippen LogP contribution in [0.1, 0.15) is 35.6 Å². The summed E-state index contributed by atoms with van der Waals surface area (Å²) in [5, 5.41) is 0. The first kappa shape index (κ1) is 21.0. The van der Waals surface area contributed by atoms with E-state index in [0.29, 0.717) is 11.4 Å². The molecule has 0 bridgehead atoms. The molecular weight excluding hydrogens is 398 g/mol. The van der Waals surface area contributed by atoms with Crippen LogP contribution in [0.3, 0.4) is 0 Å². The standard InChI is InChI=1S/C23H29N3O3S/c1-25-16-20(26(2)22(23(25)27)18-9-4-3-5-10-18)15-24-30(28,29)21-13-12-17-8-6-7-11-19(17)14-21/h3-5,9-10,12-14,20,22,24H,6-8,11,15-16H2,1-2H3/t20-,22+/m1/s1. The summed E-state index contributed by atoms with van der Waals surface area (Å²) >= 11 is 0. The van der Waals surface area contributed by atoms with Crippen molar-refractivity contribution in [1.82, 2.24) is 14.5 Å². The highest BCUT2D eigenvalue weighted by Gasteiger charge is 2.38.